The smallest absolute Gasteiger partial charge is 0.237 e. The summed E-state index contributed by atoms with van der Waals surface area (Å²) in [6.45, 7) is 3.77. The number of halogens is 1. The molecule has 2 unspecified atom stereocenters. The van der Waals surface area contributed by atoms with Crippen LogP contribution in [0, 0.1) is 5.92 Å². The van der Waals surface area contributed by atoms with E-state index in [1.54, 1.807) is 14.2 Å². The van der Waals surface area contributed by atoms with E-state index < -0.39 is 0 Å². The molecule has 23 heavy (non-hydrogen) atoms. The van der Waals surface area contributed by atoms with Gasteiger partial charge in [0.1, 0.15) is 0 Å². The Morgan fingerprint density at radius 2 is 2.09 bits per heavy atom. The molecule has 130 valence electrons. The highest BCUT2D eigenvalue weighted by Crippen LogP contribution is 2.28. The summed E-state index contributed by atoms with van der Waals surface area (Å²) in [7, 11) is 3.27. The number of nitrogens with one attached hydrogen (secondary N) is 2. The van der Waals surface area contributed by atoms with Gasteiger partial charge in [0, 0.05) is 6.54 Å². The van der Waals surface area contributed by atoms with Gasteiger partial charge in [-0.2, -0.15) is 0 Å². The Morgan fingerprint density at radius 1 is 1.35 bits per heavy atom. The molecule has 1 aliphatic rings. The second-order valence-corrected chi connectivity index (χ2v) is 5.89. The van der Waals surface area contributed by atoms with Crippen LogP contribution in [0.3, 0.4) is 0 Å². The predicted octanol–water partition coefficient (Wildman–Crippen LogP) is 2.17. The Balaban J connectivity index is 0.00000264. The average Bonchev–Trinajstić information content (AvgIpc) is 3.07. The van der Waals surface area contributed by atoms with Gasteiger partial charge in [0.25, 0.3) is 0 Å². The van der Waals surface area contributed by atoms with Crippen LogP contribution >= 0.6 is 12.4 Å². The van der Waals surface area contributed by atoms with Gasteiger partial charge in [0.2, 0.25) is 5.91 Å². The average molecular weight is 343 g/mol. The van der Waals surface area contributed by atoms with Gasteiger partial charge < -0.3 is 20.1 Å². The van der Waals surface area contributed by atoms with Crippen molar-refractivity contribution in [2.24, 2.45) is 5.92 Å². The zero-order chi connectivity index (χ0) is 15.9. The lowest BCUT2D eigenvalue weighted by Gasteiger charge is -2.16. The van der Waals surface area contributed by atoms with Crippen molar-refractivity contribution in [1.29, 1.82) is 0 Å². The Labute approximate surface area is 144 Å². The number of amides is 1. The normalized spacial score (nSPS) is 18.0. The minimum absolute atomic E-state index is 0. The monoisotopic (exact) mass is 342 g/mol. The van der Waals surface area contributed by atoms with Crippen molar-refractivity contribution in [2.75, 3.05) is 27.3 Å². The number of hydrogen-bond acceptors (Lipinski definition) is 4. The summed E-state index contributed by atoms with van der Waals surface area (Å²) in [6.07, 6.45) is 2.91. The molecule has 1 fully saturated rings. The summed E-state index contributed by atoms with van der Waals surface area (Å²) in [5, 5.41) is 6.25. The van der Waals surface area contributed by atoms with Crippen molar-refractivity contribution in [1.82, 2.24) is 10.6 Å². The fourth-order valence-electron chi connectivity index (χ4n) is 2.79. The number of ether oxygens (including phenoxy) is 2. The highest BCUT2D eigenvalue weighted by molar-refractivity contribution is 5.85. The van der Waals surface area contributed by atoms with Crippen LogP contribution in [0.15, 0.2) is 18.2 Å². The first-order valence-electron chi connectivity index (χ1n) is 7.86. The van der Waals surface area contributed by atoms with Crippen LogP contribution in [-0.2, 0) is 11.2 Å². The van der Waals surface area contributed by atoms with Crippen molar-refractivity contribution in [2.45, 2.75) is 32.2 Å². The van der Waals surface area contributed by atoms with E-state index in [0.29, 0.717) is 12.5 Å². The maximum absolute atomic E-state index is 12.0. The van der Waals surface area contributed by atoms with Crippen LogP contribution in [0.5, 0.6) is 11.5 Å². The first-order valence-corrected chi connectivity index (χ1v) is 7.86. The van der Waals surface area contributed by atoms with Gasteiger partial charge in [-0.3, -0.25) is 4.79 Å². The third kappa shape index (κ3) is 5.59. The maximum Gasteiger partial charge on any atom is 0.237 e. The molecule has 6 heteroatoms. The zero-order valence-corrected chi connectivity index (χ0v) is 14.9. The van der Waals surface area contributed by atoms with E-state index in [9.17, 15) is 4.79 Å². The molecule has 1 heterocycles. The molecule has 0 aromatic heterocycles. The standard InChI is InChI=1S/C17H26N2O3.ClH/c1-12(11-19-17(20)14-5-4-8-18-14)9-13-6-7-15(21-2)16(10-13)22-3;/h6-7,10,12,14,18H,4-5,8-9,11H2,1-3H3,(H,19,20);1H. The number of carbonyl (C=O) groups is 1. The second-order valence-electron chi connectivity index (χ2n) is 5.89. The fraction of sp³-hybridized carbons (Fsp3) is 0.588. The summed E-state index contributed by atoms with van der Waals surface area (Å²) in [5.74, 6) is 1.96. The third-order valence-electron chi connectivity index (χ3n) is 4.03. The van der Waals surface area contributed by atoms with Gasteiger partial charge >= 0.3 is 0 Å². The van der Waals surface area contributed by atoms with Gasteiger partial charge in [-0.1, -0.05) is 13.0 Å². The topological polar surface area (TPSA) is 59.6 Å². The van der Waals surface area contributed by atoms with Crippen molar-refractivity contribution in [3.05, 3.63) is 23.8 Å². The summed E-state index contributed by atoms with van der Waals surface area (Å²) in [5.41, 5.74) is 1.18. The Bertz CT molecular complexity index is 505. The number of methoxy groups -OCH3 is 2. The molecule has 2 N–H and O–H groups in total. The quantitative estimate of drug-likeness (QED) is 0.797. The van der Waals surface area contributed by atoms with E-state index in [1.807, 2.05) is 18.2 Å². The first-order chi connectivity index (χ1) is 10.6. The number of hydrogen-bond donors (Lipinski definition) is 2. The first kappa shape index (κ1) is 19.6. The Morgan fingerprint density at radius 3 is 2.70 bits per heavy atom. The van der Waals surface area contributed by atoms with Crippen molar-refractivity contribution in [3.63, 3.8) is 0 Å². The lowest BCUT2D eigenvalue weighted by molar-refractivity contribution is -0.122. The molecule has 0 saturated carbocycles. The predicted molar refractivity (Wildman–Crippen MR) is 93.7 cm³/mol. The second kappa shape index (κ2) is 9.63. The van der Waals surface area contributed by atoms with Gasteiger partial charge in [0.05, 0.1) is 20.3 Å². The van der Waals surface area contributed by atoms with Gasteiger partial charge in [-0.25, -0.2) is 0 Å². The van der Waals surface area contributed by atoms with Gasteiger partial charge in [0.15, 0.2) is 11.5 Å². The van der Waals surface area contributed by atoms with Gasteiger partial charge in [-0.15, -0.1) is 12.4 Å². The van der Waals surface area contributed by atoms with Crippen LogP contribution in [-0.4, -0.2) is 39.3 Å². The highest BCUT2D eigenvalue weighted by atomic mass is 35.5. The largest absolute Gasteiger partial charge is 0.493 e. The summed E-state index contributed by atoms with van der Waals surface area (Å²) >= 11 is 0. The van der Waals surface area contributed by atoms with Crippen molar-refractivity contribution >= 4 is 18.3 Å². The summed E-state index contributed by atoms with van der Waals surface area (Å²) < 4.78 is 10.6. The SMILES string of the molecule is COc1ccc(CC(C)CNC(=O)C2CCCN2)cc1OC.Cl. The van der Waals surface area contributed by atoms with E-state index in [-0.39, 0.29) is 24.4 Å². The molecule has 1 aliphatic heterocycles. The molecule has 1 amide bonds. The van der Waals surface area contributed by atoms with Crippen molar-refractivity contribution < 1.29 is 14.3 Å². The number of rotatable bonds is 7. The molecule has 0 spiro atoms. The molecule has 5 nitrogen and oxygen atoms in total. The molecule has 1 aromatic rings. The minimum atomic E-state index is -0.00622. The van der Waals surface area contributed by atoms with E-state index in [1.165, 1.54) is 5.56 Å². The molecule has 1 aromatic carbocycles. The lowest BCUT2D eigenvalue weighted by atomic mass is 10.0. The maximum atomic E-state index is 12.0. The van der Waals surface area contributed by atoms with E-state index in [2.05, 4.69) is 17.6 Å². The zero-order valence-electron chi connectivity index (χ0n) is 14.1. The van der Waals surface area contributed by atoms with Crippen LogP contribution < -0.4 is 20.1 Å². The molecule has 2 atom stereocenters. The molecule has 0 radical (unpaired) electrons. The Kier molecular flexibility index (Phi) is 8.20. The van der Waals surface area contributed by atoms with Crippen LogP contribution in [0.25, 0.3) is 0 Å². The van der Waals surface area contributed by atoms with Crippen LogP contribution in [0.2, 0.25) is 0 Å². The molecule has 2 rings (SSSR count). The number of benzene rings is 1. The highest BCUT2D eigenvalue weighted by Gasteiger charge is 2.21. The van der Waals surface area contributed by atoms with Crippen LogP contribution in [0.1, 0.15) is 25.3 Å². The summed E-state index contributed by atoms with van der Waals surface area (Å²) in [6, 6.07) is 5.95. The molecule has 0 bridgehead atoms. The lowest BCUT2D eigenvalue weighted by Crippen LogP contribution is -2.42. The van der Waals surface area contributed by atoms with Gasteiger partial charge in [-0.05, 0) is 49.4 Å². The van der Waals surface area contributed by atoms with Crippen molar-refractivity contribution in [3.8, 4) is 11.5 Å². The third-order valence-corrected chi connectivity index (χ3v) is 4.03. The minimum Gasteiger partial charge on any atom is -0.493 e. The number of carbonyl (C=O) groups excluding carboxylic acids is 1. The van der Waals surface area contributed by atoms with E-state index in [0.717, 1.165) is 37.3 Å². The van der Waals surface area contributed by atoms with E-state index in [4.69, 9.17) is 9.47 Å². The fourth-order valence-corrected chi connectivity index (χ4v) is 2.79. The molecule has 0 aliphatic carbocycles. The van der Waals surface area contributed by atoms with E-state index >= 15 is 0 Å². The molecular formula is C17H27ClN2O3. The summed E-state index contributed by atoms with van der Waals surface area (Å²) in [4.78, 5) is 12.0. The molecular weight excluding hydrogens is 316 g/mol. The Hall–Kier alpha value is -1.46. The molecule has 1 saturated heterocycles. The van der Waals surface area contributed by atoms with Crippen LogP contribution in [0.4, 0.5) is 0 Å².